The van der Waals surface area contributed by atoms with Crippen LogP contribution in [0.25, 0.3) is 0 Å². The molecule has 0 heterocycles. The number of benzene rings is 2. The van der Waals surface area contributed by atoms with Crippen LogP contribution in [-0.2, 0) is 10.0 Å². The quantitative estimate of drug-likeness (QED) is 0.809. The third kappa shape index (κ3) is 3.39. The minimum Gasteiger partial charge on any atom is -0.199 e. The van der Waals surface area contributed by atoms with Gasteiger partial charge in [0.15, 0.2) is 0 Å². The Labute approximate surface area is 126 Å². The van der Waals surface area contributed by atoms with Gasteiger partial charge in [-0.3, -0.25) is 0 Å². The van der Waals surface area contributed by atoms with E-state index >= 15 is 0 Å². The van der Waals surface area contributed by atoms with Crippen LogP contribution >= 0.6 is 0 Å². The molecule has 0 radical (unpaired) electrons. The Kier molecular flexibility index (Phi) is 4.28. The maximum Gasteiger partial charge on any atom is 0.283 e. The van der Waals surface area contributed by atoms with E-state index in [0.717, 1.165) is 22.3 Å². The first kappa shape index (κ1) is 15.4. The van der Waals surface area contributed by atoms with Crippen molar-refractivity contribution in [1.82, 2.24) is 0 Å². The van der Waals surface area contributed by atoms with Gasteiger partial charge in [0.05, 0.1) is 10.6 Å². The van der Waals surface area contributed by atoms with Crippen molar-refractivity contribution in [2.75, 3.05) is 0 Å². The summed E-state index contributed by atoms with van der Waals surface area (Å²) >= 11 is 0. The van der Waals surface area contributed by atoms with Gasteiger partial charge in [0.25, 0.3) is 10.0 Å². The molecule has 0 saturated carbocycles. The Bertz CT molecular complexity index is 768. The zero-order valence-electron chi connectivity index (χ0n) is 12.7. The topological polar surface area (TPSA) is 46.5 Å². The predicted molar refractivity (Wildman–Crippen MR) is 86.5 cm³/mol. The highest BCUT2D eigenvalue weighted by Gasteiger charge is 2.19. The second-order valence-electron chi connectivity index (χ2n) is 5.25. The van der Waals surface area contributed by atoms with E-state index in [1.807, 2.05) is 49.4 Å². The largest absolute Gasteiger partial charge is 0.283 e. The van der Waals surface area contributed by atoms with Crippen molar-refractivity contribution >= 4 is 15.7 Å². The molecule has 2 aromatic rings. The molecule has 0 bridgehead atoms. The van der Waals surface area contributed by atoms with Gasteiger partial charge < -0.3 is 0 Å². The molecule has 4 heteroatoms. The standard InChI is InChI=1S/C17H19NO2S/c1-12-10-13(2)17(14(3)11-12)21(19,20)18-15(4)16-8-6-5-7-9-16/h5-11H,1-4H3. The Morgan fingerprint density at radius 2 is 1.48 bits per heavy atom. The van der Waals surface area contributed by atoms with Crippen LogP contribution in [0.5, 0.6) is 0 Å². The van der Waals surface area contributed by atoms with Gasteiger partial charge in [-0.15, -0.1) is 0 Å². The molecule has 0 aromatic heterocycles. The lowest BCUT2D eigenvalue weighted by atomic mass is 10.1. The summed E-state index contributed by atoms with van der Waals surface area (Å²) in [6, 6.07) is 13.1. The van der Waals surface area contributed by atoms with E-state index in [1.165, 1.54) is 0 Å². The zero-order valence-corrected chi connectivity index (χ0v) is 13.5. The monoisotopic (exact) mass is 301 g/mol. The summed E-state index contributed by atoms with van der Waals surface area (Å²) in [6.45, 7) is 7.28. The van der Waals surface area contributed by atoms with Gasteiger partial charge in [-0.05, 0) is 44.4 Å². The van der Waals surface area contributed by atoms with Crippen molar-refractivity contribution in [1.29, 1.82) is 0 Å². The van der Waals surface area contributed by atoms with E-state index < -0.39 is 10.0 Å². The van der Waals surface area contributed by atoms with Crippen LogP contribution < -0.4 is 0 Å². The summed E-state index contributed by atoms with van der Waals surface area (Å²) in [7, 11) is -3.70. The van der Waals surface area contributed by atoms with Crippen LogP contribution in [0.1, 0.15) is 29.2 Å². The fourth-order valence-electron chi connectivity index (χ4n) is 2.53. The summed E-state index contributed by atoms with van der Waals surface area (Å²) in [6.07, 6.45) is 0. The fourth-order valence-corrected chi connectivity index (χ4v) is 4.02. The maximum atomic E-state index is 12.6. The van der Waals surface area contributed by atoms with Crippen LogP contribution in [0, 0.1) is 20.8 Å². The maximum absolute atomic E-state index is 12.6. The van der Waals surface area contributed by atoms with Crippen LogP contribution in [0.3, 0.4) is 0 Å². The lowest BCUT2D eigenvalue weighted by Crippen LogP contribution is -2.07. The number of nitrogens with zero attached hydrogens (tertiary/aromatic N) is 1. The Hall–Kier alpha value is -1.94. The molecule has 2 aromatic carbocycles. The van der Waals surface area contributed by atoms with Gasteiger partial charge in [-0.25, -0.2) is 0 Å². The lowest BCUT2D eigenvalue weighted by Gasteiger charge is -2.10. The van der Waals surface area contributed by atoms with Gasteiger partial charge >= 0.3 is 0 Å². The second kappa shape index (κ2) is 5.82. The fraction of sp³-hybridized carbons (Fsp3) is 0.235. The molecule has 0 unspecified atom stereocenters. The van der Waals surface area contributed by atoms with Gasteiger partial charge in [0, 0.05) is 0 Å². The SMILES string of the molecule is CC(=NS(=O)(=O)c1c(C)cc(C)cc1C)c1ccccc1. The number of aryl methyl sites for hydroxylation is 3. The van der Waals surface area contributed by atoms with Crippen molar-refractivity contribution < 1.29 is 8.42 Å². The molecule has 0 fully saturated rings. The minimum absolute atomic E-state index is 0.309. The normalized spacial score (nSPS) is 12.5. The van der Waals surface area contributed by atoms with Gasteiger partial charge in [-0.1, -0.05) is 48.0 Å². The van der Waals surface area contributed by atoms with E-state index in [9.17, 15) is 8.42 Å². The molecule has 0 saturated heterocycles. The molecule has 21 heavy (non-hydrogen) atoms. The summed E-state index contributed by atoms with van der Waals surface area (Å²) in [4.78, 5) is 0.309. The molecule has 0 atom stereocenters. The molecule has 110 valence electrons. The predicted octanol–water partition coefficient (Wildman–Crippen LogP) is 3.81. The number of rotatable bonds is 3. The highest BCUT2D eigenvalue weighted by molar-refractivity contribution is 7.90. The first-order valence-corrected chi connectivity index (χ1v) is 8.20. The molecule has 0 amide bonds. The molecule has 0 aliphatic heterocycles. The van der Waals surface area contributed by atoms with E-state index in [1.54, 1.807) is 20.8 Å². The Morgan fingerprint density at radius 3 is 2.00 bits per heavy atom. The Morgan fingerprint density at radius 1 is 0.952 bits per heavy atom. The molecular weight excluding hydrogens is 282 g/mol. The van der Waals surface area contributed by atoms with Crippen LogP contribution in [-0.4, -0.2) is 14.1 Å². The first-order chi connectivity index (χ1) is 9.81. The first-order valence-electron chi connectivity index (χ1n) is 6.76. The van der Waals surface area contributed by atoms with Crippen molar-refractivity contribution in [2.45, 2.75) is 32.6 Å². The van der Waals surface area contributed by atoms with Crippen molar-refractivity contribution in [2.24, 2.45) is 4.40 Å². The van der Waals surface area contributed by atoms with Gasteiger partial charge in [-0.2, -0.15) is 12.8 Å². The van der Waals surface area contributed by atoms with E-state index in [4.69, 9.17) is 0 Å². The third-order valence-corrected chi connectivity index (χ3v) is 4.99. The average molecular weight is 301 g/mol. The second-order valence-corrected chi connectivity index (χ2v) is 6.79. The van der Waals surface area contributed by atoms with Gasteiger partial charge in [0.2, 0.25) is 0 Å². The lowest BCUT2D eigenvalue weighted by molar-refractivity contribution is 0.597. The number of hydrogen-bond donors (Lipinski definition) is 0. The van der Waals surface area contributed by atoms with E-state index in [-0.39, 0.29) is 0 Å². The number of hydrogen-bond acceptors (Lipinski definition) is 2. The van der Waals surface area contributed by atoms with E-state index in [2.05, 4.69) is 4.40 Å². The molecule has 0 aliphatic carbocycles. The molecule has 3 nitrogen and oxygen atoms in total. The van der Waals surface area contributed by atoms with Crippen molar-refractivity contribution in [3.63, 3.8) is 0 Å². The summed E-state index contributed by atoms with van der Waals surface area (Å²) in [5, 5.41) is 0. The molecular formula is C17H19NO2S. The highest BCUT2D eigenvalue weighted by atomic mass is 32.2. The molecule has 0 N–H and O–H groups in total. The molecule has 0 spiro atoms. The van der Waals surface area contributed by atoms with E-state index in [0.29, 0.717) is 10.6 Å². The van der Waals surface area contributed by atoms with Crippen LogP contribution in [0.2, 0.25) is 0 Å². The number of sulfonamides is 1. The zero-order chi connectivity index (χ0) is 15.6. The third-order valence-electron chi connectivity index (χ3n) is 3.31. The van der Waals surface area contributed by atoms with Crippen LogP contribution in [0.15, 0.2) is 51.8 Å². The average Bonchev–Trinajstić information content (AvgIpc) is 2.37. The van der Waals surface area contributed by atoms with Crippen molar-refractivity contribution in [3.8, 4) is 0 Å². The van der Waals surface area contributed by atoms with Crippen molar-refractivity contribution in [3.05, 3.63) is 64.7 Å². The minimum atomic E-state index is -3.70. The smallest absolute Gasteiger partial charge is 0.199 e. The summed E-state index contributed by atoms with van der Waals surface area (Å²) < 4.78 is 29.2. The summed E-state index contributed by atoms with van der Waals surface area (Å²) in [5.74, 6) is 0. The molecule has 2 rings (SSSR count). The highest BCUT2D eigenvalue weighted by Crippen LogP contribution is 2.24. The molecule has 0 aliphatic rings. The van der Waals surface area contributed by atoms with Gasteiger partial charge in [0.1, 0.15) is 0 Å². The van der Waals surface area contributed by atoms with Crippen LogP contribution in [0.4, 0.5) is 0 Å². The Balaban J connectivity index is 2.54. The summed E-state index contributed by atoms with van der Waals surface area (Å²) in [5.41, 5.74) is 3.82.